The minimum absolute atomic E-state index is 0.220. The molecule has 0 fully saturated rings. The van der Waals surface area contributed by atoms with Gasteiger partial charge in [0.25, 0.3) is 5.91 Å². The molecule has 0 saturated carbocycles. The number of carbonyl (C=O) groups is 2. The second-order valence-electron chi connectivity index (χ2n) is 5.79. The van der Waals surface area contributed by atoms with Crippen molar-refractivity contribution in [3.63, 3.8) is 0 Å². The number of rotatable bonds is 5. The molecular weight excluding hydrogens is 254 g/mol. The summed E-state index contributed by atoms with van der Waals surface area (Å²) in [6.45, 7) is 3.89. The maximum Gasteiger partial charge on any atom is 0.326 e. The molecule has 1 aromatic rings. The van der Waals surface area contributed by atoms with Crippen molar-refractivity contribution in [3.8, 4) is 0 Å². The van der Waals surface area contributed by atoms with Crippen molar-refractivity contribution in [2.24, 2.45) is 5.92 Å². The molecule has 4 heteroatoms. The van der Waals surface area contributed by atoms with Crippen LogP contribution in [0.1, 0.15) is 48.2 Å². The Morgan fingerprint density at radius 1 is 1.30 bits per heavy atom. The number of carboxylic acids is 1. The van der Waals surface area contributed by atoms with Crippen molar-refractivity contribution in [3.05, 3.63) is 34.9 Å². The van der Waals surface area contributed by atoms with E-state index in [4.69, 9.17) is 0 Å². The van der Waals surface area contributed by atoms with E-state index >= 15 is 0 Å². The van der Waals surface area contributed by atoms with Crippen LogP contribution < -0.4 is 5.32 Å². The van der Waals surface area contributed by atoms with E-state index in [1.165, 1.54) is 5.56 Å². The summed E-state index contributed by atoms with van der Waals surface area (Å²) in [7, 11) is 0. The number of benzene rings is 1. The highest BCUT2D eigenvalue weighted by atomic mass is 16.4. The molecule has 4 nitrogen and oxygen atoms in total. The van der Waals surface area contributed by atoms with Crippen molar-refractivity contribution in [1.82, 2.24) is 5.32 Å². The van der Waals surface area contributed by atoms with Gasteiger partial charge in [0.05, 0.1) is 0 Å². The summed E-state index contributed by atoms with van der Waals surface area (Å²) in [5.74, 6) is -1.02. The molecular formula is C16H21NO3. The molecule has 2 rings (SSSR count). The Morgan fingerprint density at radius 3 is 2.70 bits per heavy atom. The third-order valence-electron chi connectivity index (χ3n) is 3.70. The van der Waals surface area contributed by atoms with Crippen LogP contribution in [0.3, 0.4) is 0 Å². The van der Waals surface area contributed by atoms with Gasteiger partial charge in [-0.05, 0) is 48.8 Å². The van der Waals surface area contributed by atoms with Crippen LogP contribution in [-0.4, -0.2) is 23.0 Å². The van der Waals surface area contributed by atoms with Crippen molar-refractivity contribution in [1.29, 1.82) is 0 Å². The van der Waals surface area contributed by atoms with Gasteiger partial charge in [-0.2, -0.15) is 0 Å². The van der Waals surface area contributed by atoms with Gasteiger partial charge in [0, 0.05) is 5.56 Å². The van der Waals surface area contributed by atoms with Crippen LogP contribution in [0, 0.1) is 5.92 Å². The zero-order chi connectivity index (χ0) is 14.7. The molecule has 0 heterocycles. The molecule has 0 radical (unpaired) electrons. The Balaban J connectivity index is 2.15. The van der Waals surface area contributed by atoms with Crippen LogP contribution in [0.5, 0.6) is 0 Å². The number of carbonyl (C=O) groups excluding carboxylic acids is 1. The quantitative estimate of drug-likeness (QED) is 0.867. The zero-order valence-electron chi connectivity index (χ0n) is 12.0. The molecule has 1 aliphatic carbocycles. The van der Waals surface area contributed by atoms with Gasteiger partial charge in [-0.15, -0.1) is 0 Å². The van der Waals surface area contributed by atoms with E-state index in [0.717, 1.165) is 24.8 Å². The Morgan fingerprint density at radius 2 is 2.05 bits per heavy atom. The van der Waals surface area contributed by atoms with Crippen LogP contribution in [-0.2, 0) is 17.6 Å². The van der Waals surface area contributed by atoms with E-state index in [2.05, 4.69) is 5.32 Å². The first kappa shape index (κ1) is 14.6. The second-order valence-corrected chi connectivity index (χ2v) is 5.79. The number of aliphatic carboxylic acids is 1. The summed E-state index contributed by atoms with van der Waals surface area (Å²) in [5.41, 5.74) is 2.93. The van der Waals surface area contributed by atoms with Gasteiger partial charge >= 0.3 is 5.97 Å². The molecule has 1 aliphatic rings. The van der Waals surface area contributed by atoms with E-state index in [1.54, 1.807) is 6.07 Å². The summed E-state index contributed by atoms with van der Waals surface area (Å²) < 4.78 is 0. The van der Waals surface area contributed by atoms with E-state index in [9.17, 15) is 14.7 Å². The lowest BCUT2D eigenvalue weighted by Gasteiger charge is -2.17. The predicted octanol–water partition coefficient (Wildman–Crippen LogP) is 2.40. The number of amides is 1. The van der Waals surface area contributed by atoms with Gasteiger partial charge in [-0.1, -0.05) is 26.0 Å². The van der Waals surface area contributed by atoms with Gasteiger partial charge in [-0.3, -0.25) is 4.79 Å². The normalized spacial score (nSPS) is 14.9. The van der Waals surface area contributed by atoms with Crippen molar-refractivity contribution in [2.75, 3.05) is 0 Å². The third kappa shape index (κ3) is 3.18. The zero-order valence-corrected chi connectivity index (χ0v) is 12.0. The Hall–Kier alpha value is -1.84. The summed E-state index contributed by atoms with van der Waals surface area (Å²) in [4.78, 5) is 23.5. The average Bonchev–Trinajstić information content (AvgIpc) is 2.84. The van der Waals surface area contributed by atoms with Crippen LogP contribution >= 0.6 is 0 Å². The van der Waals surface area contributed by atoms with Crippen LogP contribution in [0.25, 0.3) is 0 Å². The van der Waals surface area contributed by atoms with Crippen LogP contribution in [0.15, 0.2) is 18.2 Å². The summed E-state index contributed by atoms with van der Waals surface area (Å²) in [6, 6.07) is 4.88. The minimum atomic E-state index is -0.973. The molecule has 1 amide bonds. The van der Waals surface area contributed by atoms with E-state index in [0.29, 0.717) is 12.0 Å². The fourth-order valence-electron chi connectivity index (χ4n) is 2.76. The van der Waals surface area contributed by atoms with E-state index in [1.807, 2.05) is 26.0 Å². The van der Waals surface area contributed by atoms with Crippen molar-refractivity contribution >= 4 is 11.9 Å². The van der Waals surface area contributed by atoms with Crippen molar-refractivity contribution < 1.29 is 14.7 Å². The molecule has 0 bridgehead atoms. The largest absolute Gasteiger partial charge is 0.480 e. The monoisotopic (exact) mass is 275 g/mol. The maximum absolute atomic E-state index is 12.3. The SMILES string of the molecule is CC(C)C[C@@H](NC(=O)c1cccc2c1CCC2)C(=O)O. The molecule has 1 atom stereocenters. The Labute approximate surface area is 119 Å². The summed E-state index contributed by atoms with van der Waals surface area (Å²) in [6.07, 6.45) is 3.41. The lowest BCUT2D eigenvalue weighted by Crippen LogP contribution is -2.41. The first-order chi connectivity index (χ1) is 9.49. The average molecular weight is 275 g/mol. The lowest BCUT2D eigenvalue weighted by molar-refractivity contribution is -0.139. The van der Waals surface area contributed by atoms with Gasteiger partial charge in [-0.25, -0.2) is 4.79 Å². The molecule has 1 aromatic carbocycles. The number of nitrogens with one attached hydrogen (secondary N) is 1. The molecule has 0 aliphatic heterocycles. The highest BCUT2D eigenvalue weighted by Gasteiger charge is 2.24. The highest BCUT2D eigenvalue weighted by Crippen LogP contribution is 2.25. The van der Waals surface area contributed by atoms with E-state index < -0.39 is 12.0 Å². The van der Waals surface area contributed by atoms with Gasteiger partial charge < -0.3 is 10.4 Å². The molecule has 0 unspecified atom stereocenters. The van der Waals surface area contributed by atoms with Gasteiger partial charge in [0.15, 0.2) is 0 Å². The molecule has 108 valence electrons. The maximum atomic E-state index is 12.3. The number of fused-ring (bicyclic) bond motifs is 1. The second kappa shape index (κ2) is 6.07. The van der Waals surface area contributed by atoms with Crippen molar-refractivity contribution in [2.45, 2.75) is 45.6 Å². The van der Waals surface area contributed by atoms with Crippen LogP contribution in [0.2, 0.25) is 0 Å². The summed E-state index contributed by atoms with van der Waals surface area (Å²) in [5, 5.41) is 11.9. The fourth-order valence-corrected chi connectivity index (χ4v) is 2.76. The number of carboxylic acid groups (broad SMARTS) is 1. The smallest absolute Gasteiger partial charge is 0.326 e. The molecule has 2 N–H and O–H groups in total. The number of aryl methyl sites for hydroxylation is 1. The predicted molar refractivity (Wildman–Crippen MR) is 76.8 cm³/mol. The first-order valence-corrected chi connectivity index (χ1v) is 7.13. The Kier molecular flexibility index (Phi) is 4.42. The first-order valence-electron chi connectivity index (χ1n) is 7.13. The molecule has 0 spiro atoms. The Bertz CT molecular complexity index is 522. The molecule has 0 aromatic heterocycles. The van der Waals surface area contributed by atoms with Crippen LogP contribution in [0.4, 0.5) is 0 Å². The van der Waals surface area contributed by atoms with Gasteiger partial charge in [0.1, 0.15) is 6.04 Å². The topological polar surface area (TPSA) is 66.4 Å². The van der Waals surface area contributed by atoms with E-state index in [-0.39, 0.29) is 11.8 Å². The highest BCUT2D eigenvalue weighted by molar-refractivity contribution is 5.98. The lowest BCUT2D eigenvalue weighted by atomic mass is 10.0. The third-order valence-corrected chi connectivity index (χ3v) is 3.70. The molecule has 0 saturated heterocycles. The molecule has 20 heavy (non-hydrogen) atoms. The van der Waals surface area contributed by atoms with Gasteiger partial charge in [0.2, 0.25) is 0 Å². The number of hydrogen-bond donors (Lipinski definition) is 2. The minimum Gasteiger partial charge on any atom is -0.480 e. The fraction of sp³-hybridized carbons (Fsp3) is 0.500. The number of hydrogen-bond acceptors (Lipinski definition) is 2. The standard InChI is InChI=1S/C16H21NO3/c1-10(2)9-14(16(19)20)17-15(18)13-8-4-6-11-5-3-7-12(11)13/h4,6,8,10,14H,3,5,7,9H2,1-2H3,(H,17,18)(H,19,20)/t14-/m1/s1. The summed E-state index contributed by atoms with van der Waals surface area (Å²) >= 11 is 0.